The quantitative estimate of drug-likeness (QED) is 0.940. The molecule has 0 aliphatic carbocycles. The minimum atomic E-state index is -0.534. The zero-order valence-corrected chi connectivity index (χ0v) is 13.2. The van der Waals surface area contributed by atoms with E-state index < -0.39 is 6.03 Å². The monoisotopic (exact) mass is 314 g/mol. The molecule has 6 heteroatoms. The second-order valence-electron chi connectivity index (χ2n) is 4.71. The normalized spacial score (nSPS) is 9.87. The molecule has 0 bridgehead atoms. The molecule has 2 rings (SSSR count). The van der Waals surface area contributed by atoms with Gasteiger partial charge >= 0.3 is 6.03 Å². The predicted molar refractivity (Wildman–Crippen MR) is 88.2 cm³/mol. The number of amides is 3. The number of imide groups is 1. The molecule has 2 aromatic carbocycles. The molecule has 0 radical (unpaired) electrons. The summed E-state index contributed by atoms with van der Waals surface area (Å²) in [5.41, 5.74) is 1.03. The van der Waals surface area contributed by atoms with Gasteiger partial charge in [0.05, 0.1) is 19.9 Å². The highest BCUT2D eigenvalue weighted by Gasteiger charge is 2.20. The maximum absolute atomic E-state index is 12.4. The summed E-state index contributed by atoms with van der Waals surface area (Å²) < 4.78 is 10.1. The third-order valence-corrected chi connectivity index (χ3v) is 3.19. The number of urea groups is 1. The van der Waals surface area contributed by atoms with E-state index in [1.807, 2.05) is 0 Å². The SMILES string of the molecule is COc1ccc(NC(=O)N(C(C)=O)c2ccc(OC)cc2)cc1. The lowest BCUT2D eigenvalue weighted by Crippen LogP contribution is -2.38. The number of nitrogens with one attached hydrogen (secondary N) is 1. The van der Waals surface area contributed by atoms with Gasteiger partial charge in [-0.2, -0.15) is 0 Å². The first-order valence-corrected chi connectivity index (χ1v) is 6.95. The first-order valence-electron chi connectivity index (χ1n) is 6.95. The molecule has 0 unspecified atom stereocenters. The molecule has 0 atom stereocenters. The van der Waals surface area contributed by atoms with E-state index in [1.165, 1.54) is 6.92 Å². The lowest BCUT2D eigenvalue weighted by Gasteiger charge is -2.20. The van der Waals surface area contributed by atoms with Gasteiger partial charge in [-0.3, -0.25) is 4.79 Å². The molecule has 0 aromatic heterocycles. The number of methoxy groups -OCH3 is 2. The lowest BCUT2D eigenvalue weighted by molar-refractivity contribution is -0.115. The molecule has 6 nitrogen and oxygen atoms in total. The van der Waals surface area contributed by atoms with Crippen LogP contribution in [0.5, 0.6) is 11.5 Å². The number of carbonyl (C=O) groups excluding carboxylic acids is 2. The average molecular weight is 314 g/mol. The molecular weight excluding hydrogens is 296 g/mol. The van der Waals surface area contributed by atoms with Gasteiger partial charge in [0, 0.05) is 12.6 Å². The van der Waals surface area contributed by atoms with Crippen molar-refractivity contribution in [2.45, 2.75) is 6.92 Å². The van der Waals surface area contributed by atoms with E-state index in [0.717, 1.165) is 4.90 Å². The third kappa shape index (κ3) is 4.00. The largest absolute Gasteiger partial charge is 0.497 e. The van der Waals surface area contributed by atoms with Crippen LogP contribution in [0.25, 0.3) is 0 Å². The molecule has 0 saturated carbocycles. The van der Waals surface area contributed by atoms with Crippen molar-refractivity contribution in [2.24, 2.45) is 0 Å². The summed E-state index contributed by atoms with van der Waals surface area (Å²) in [4.78, 5) is 25.3. The Hall–Kier alpha value is -3.02. The van der Waals surface area contributed by atoms with Gasteiger partial charge in [0.25, 0.3) is 0 Å². The van der Waals surface area contributed by atoms with E-state index in [0.29, 0.717) is 22.9 Å². The van der Waals surface area contributed by atoms with E-state index in [1.54, 1.807) is 62.8 Å². The van der Waals surface area contributed by atoms with Crippen molar-refractivity contribution in [2.75, 3.05) is 24.4 Å². The summed E-state index contributed by atoms with van der Waals surface area (Å²) in [6.45, 7) is 1.33. The van der Waals surface area contributed by atoms with Crippen LogP contribution in [-0.4, -0.2) is 26.2 Å². The summed E-state index contributed by atoms with van der Waals surface area (Å²) in [7, 11) is 3.11. The fourth-order valence-corrected chi connectivity index (χ4v) is 2.03. The minimum absolute atomic E-state index is 0.388. The molecule has 23 heavy (non-hydrogen) atoms. The second-order valence-corrected chi connectivity index (χ2v) is 4.71. The zero-order chi connectivity index (χ0) is 16.8. The fraction of sp³-hybridized carbons (Fsp3) is 0.176. The number of benzene rings is 2. The van der Waals surface area contributed by atoms with Crippen molar-refractivity contribution in [3.63, 3.8) is 0 Å². The number of rotatable bonds is 4. The smallest absolute Gasteiger partial charge is 0.333 e. The Morgan fingerprint density at radius 1 is 0.870 bits per heavy atom. The van der Waals surface area contributed by atoms with Gasteiger partial charge in [-0.15, -0.1) is 0 Å². The molecule has 0 saturated heterocycles. The van der Waals surface area contributed by atoms with Gasteiger partial charge in [-0.25, -0.2) is 9.69 Å². The van der Waals surface area contributed by atoms with Gasteiger partial charge < -0.3 is 14.8 Å². The number of carbonyl (C=O) groups is 2. The summed E-state index contributed by atoms with van der Waals surface area (Å²) in [6, 6.07) is 13.0. The maximum Gasteiger partial charge on any atom is 0.333 e. The van der Waals surface area contributed by atoms with Crippen LogP contribution in [0.1, 0.15) is 6.92 Å². The van der Waals surface area contributed by atoms with Crippen molar-refractivity contribution >= 4 is 23.3 Å². The van der Waals surface area contributed by atoms with Crippen LogP contribution < -0.4 is 19.7 Å². The van der Waals surface area contributed by atoms with Crippen LogP contribution in [-0.2, 0) is 4.79 Å². The number of hydrogen-bond donors (Lipinski definition) is 1. The summed E-state index contributed by atoms with van der Waals surface area (Å²) in [5, 5.41) is 2.68. The standard InChI is InChI=1S/C17H18N2O4/c1-12(20)19(14-6-10-16(23-3)11-7-14)17(21)18-13-4-8-15(22-2)9-5-13/h4-11H,1-3H3,(H,18,21). The highest BCUT2D eigenvalue weighted by molar-refractivity contribution is 6.17. The van der Waals surface area contributed by atoms with Gasteiger partial charge in [0.1, 0.15) is 11.5 Å². The van der Waals surface area contributed by atoms with Crippen LogP contribution >= 0.6 is 0 Å². The molecule has 0 aliphatic rings. The van der Waals surface area contributed by atoms with Gasteiger partial charge in [0.2, 0.25) is 5.91 Å². The highest BCUT2D eigenvalue weighted by Crippen LogP contribution is 2.21. The number of anilines is 2. The molecule has 2 aromatic rings. The minimum Gasteiger partial charge on any atom is -0.497 e. The number of nitrogens with zero attached hydrogens (tertiary/aromatic N) is 1. The molecule has 0 heterocycles. The first kappa shape index (κ1) is 16.4. The second kappa shape index (κ2) is 7.31. The Balaban J connectivity index is 2.18. The highest BCUT2D eigenvalue weighted by atomic mass is 16.5. The topological polar surface area (TPSA) is 67.9 Å². The fourth-order valence-electron chi connectivity index (χ4n) is 2.03. The van der Waals surface area contributed by atoms with E-state index in [-0.39, 0.29) is 5.91 Å². The Kier molecular flexibility index (Phi) is 5.19. The molecule has 0 spiro atoms. The molecule has 120 valence electrons. The molecule has 3 amide bonds. The first-order chi connectivity index (χ1) is 11.0. The van der Waals surface area contributed by atoms with Crippen molar-refractivity contribution < 1.29 is 19.1 Å². The van der Waals surface area contributed by atoms with Crippen molar-refractivity contribution in [1.82, 2.24) is 0 Å². The summed E-state index contributed by atoms with van der Waals surface area (Å²) >= 11 is 0. The van der Waals surface area contributed by atoms with Crippen molar-refractivity contribution in [1.29, 1.82) is 0 Å². The number of ether oxygens (including phenoxy) is 2. The molecular formula is C17H18N2O4. The van der Waals surface area contributed by atoms with E-state index in [2.05, 4.69) is 5.32 Å². The molecule has 1 N–H and O–H groups in total. The van der Waals surface area contributed by atoms with Crippen LogP contribution in [0.4, 0.5) is 16.2 Å². The molecule has 0 fully saturated rings. The van der Waals surface area contributed by atoms with Crippen molar-refractivity contribution in [3.8, 4) is 11.5 Å². The van der Waals surface area contributed by atoms with Crippen molar-refractivity contribution in [3.05, 3.63) is 48.5 Å². The van der Waals surface area contributed by atoms with Crippen LogP contribution in [0.3, 0.4) is 0 Å². The summed E-state index contributed by atoms with van der Waals surface area (Å²) in [6.07, 6.45) is 0. The third-order valence-electron chi connectivity index (χ3n) is 3.19. The maximum atomic E-state index is 12.4. The number of hydrogen-bond acceptors (Lipinski definition) is 4. The van der Waals surface area contributed by atoms with E-state index in [4.69, 9.17) is 9.47 Å². The van der Waals surface area contributed by atoms with Crippen LogP contribution in [0.2, 0.25) is 0 Å². The Labute approximate surface area is 134 Å². The average Bonchev–Trinajstić information content (AvgIpc) is 2.56. The van der Waals surface area contributed by atoms with Crippen LogP contribution in [0.15, 0.2) is 48.5 Å². The van der Waals surface area contributed by atoms with E-state index >= 15 is 0 Å². The zero-order valence-electron chi connectivity index (χ0n) is 13.2. The Morgan fingerprint density at radius 3 is 1.78 bits per heavy atom. The van der Waals surface area contributed by atoms with Gasteiger partial charge in [0.15, 0.2) is 0 Å². The van der Waals surface area contributed by atoms with Gasteiger partial charge in [-0.1, -0.05) is 0 Å². The van der Waals surface area contributed by atoms with Gasteiger partial charge in [-0.05, 0) is 48.5 Å². The summed E-state index contributed by atoms with van der Waals surface area (Å²) in [5.74, 6) is 0.940. The Bertz CT molecular complexity index is 681. The van der Waals surface area contributed by atoms with E-state index in [9.17, 15) is 9.59 Å². The lowest BCUT2D eigenvalue weighted by atomic mass is 10.2. The van der Waals surface area contributed by atoms with Crippen LogP contribution in [0, 0.1) is 0 Å². The Morgan fingerprint density at radius 2 is 1.35 bits per heavy atom. The predicted octanol–water partition coefficient (Wildman–Crippen LogP) is 3.29. The molecule has 0 aliphatic heterocycles.